The summed E-state index contributed by atoms with van der Waals surface area (Å²) in [6.45, 7) is 2.51. The molecule has 0 unspecified atom stereocenters. The van der Waals surface area contributed by atoms with Gasteiger partial charge in [0.05, 0.1) is 12.3 Å². The zero-order valence-corrected chi connectivity index (χ0v) is 13.5. The molecule has 0 aliphatic carbocycles. The van der Waals surface area contributed by atoms with Crippen LogP contribution in [0.25, 0.3) is 0 Å². The SMILES string of the molecule is CCOc1ccc(CNCc2ccn(CC(F)(F)F)n2)cc1.Cl. The van der Waals surface area contributed by atoms with Crippen LogP contribution in [-0.2, 0) is 19.6 Å². The van der Waals surface area contributed by atoms with E-state index in [0.717, 1.165) is 16.0 Å². The summed E-state index contributed by atoms with van der Waals surface area (Å²) in [5.41, 5.74) is 1.65. The van der Waals surface area contributed by atoms with E-state index in [9.17, 15) is 13.2 Å². The highest BCUT2D eigenvalue weighted by Crippen LogP contribution is 2.17. The fourth-order valence-corrected chi connectivity index (χ4v) is 1.97. The van der Waals surface area contributed by atoms with E-state index in [1.165, 1.54) is 6.20 Å². The molecule has 0 atom stereocenters. The van der Waals surface area contributed by atoms with E-state index in [1.807, 2.05) is 31.2 Å². The first-order valence-electron chi connectivity index (χ1n) is 6.98. The Morgan fingerprint density at radius 2 is 1.83 bits per heavy atom. The molecular formula is C15H19ClF3N3O. The van der Waals surface area contributed by atoms with Crippen molar-refractivity contribution in [2.45, 2.75) is 32.7 Å². The quantitative estimate of drug-likeness (QED) is 0.830. The summed E-state index contributed by atoms with van der Waals surface area (Å²) in [5, 5.41) is 7.03. The second-order valence-corrected chi connectivity index (χ2v) is 4.80. The van der Waals surface area contributed by atoms with E-state index in [-0.39, 0.29) is 12.4 Å². The zero-order valence-electron chi connectivity index (χ0n) is 12.6. The van der Waals surface area contributed by atoms with Gasteiger partial charge in [0, 0.05) is 19.3 Å². The number of ether oxygens (including phenoxy) is 1. The Bertz CT molecular complexity index is 584. The van der Waals surface area contributed by atoms with Crippen LogP contribution in [0.1, 0.15) is 18.2 Å². The van der Waals surface area contributed by atoms with Crippen LogP contribution in [0.4, 0.5) is 13.2 Å². The van der Waals surface area contributed by atoms with Gasteiger partial charge in [-0.15, -0.1) is 12.4 Å². The lowest BCUT2D eigenvalue weighted by Gasteiger charge is -2.06. The van der Waals surface area contributed by atoms with Crippen molar-refractivity contribution in [2.24, 2.45) is 0 Å². The van der Waals surface area contributed by atoms with Crippen LogP contribution in [0.2, 0.25) is 0 Å². The molecule has 1 heterocycles. The summed E-state index contributed by atoms with van der Waals surface area (Å²) < 4.78 is 42.9. The zero-order chi connectivity index (χ0) is 16.0. The molecule has 0 spiro atoms. The van der Waals surface area contributed by atoms with Crippen molar-refractivity contribution in [2.75, 3.05) is 6.61 Å². The van der Waals surface area contributed by atoms with Crippen molar-refractivity contribution >= 4 is 12.4 Å². The molecule has 1 aromatic carbocycles. The molecule has 0 amide bonds. The molecule has 1 aromatic heterocycles. The molecule has 0 saturated heterocycles. The molecule has 0 bridgehead atoms. The highest BCUT2D eigenvalue weighted by molar-refractivity contribution is 5.85. The van der Waals surface area contributed by atoms with E-state index in [2.05, 4.69) is 10.4 Å². The average molecular weight is 350 g/mol. The summed E-state index contributed by atoms with van der Waals surface area (Å²) in [5.74, 6) is 0.817. The second kappa shape index (κ2) is 8.79. The maximum atomic E-state index is 12.2. The van der Waals surface area contributed by atoms with E-state index in [1.54, 1.807) is 6.07 Å². The highest BCUT2D eigenvalue weighted by atomic mass is 35.5. The third-order valence-corrected chi connectivity index (χ3v) is 2.91. The molecule has 23 heavy (non-hydrogen) atoms. The normalized spacial score (nSPS) is 11.1. The van der Waals surface area contributed by atoms with Gasteiger partial charge in [-0.25, -0.2) is 0 Å². The maximum Gasteiger partial charge on any atom is 0.408 e. The van der Waals surface area contributed by atoms with Crippen LogP contribution in [0.15, 0.2) is 36.5 Å². The van der Waals surface area contributed by atoms with Gasteiger partial charge in [0.25, 0.3) is 0 Å². The van der Waals surface area contributed by atoms with Gasteiger partial charge in [-0.3, -0.25) is 4.68 Å². The summed E-state index contributed by atoms with van der Waals surface area (Å²) in [7, 11) is 0. The lowest BCUT2D eigenvalue weighted by atomic mass is 10.2. The highest BCUT2D eigenvalue weighted by Gasteiger charge is 2.28. The molecule has 4 nitrogen and oxygen atoms in total. The molecule has 8 heteroatoms. The van der Waals surface area contributed by atoms with E-state index >= 15 is 0 Å². The Hall–Kier alpha value is -1.73. The lowest BCUT2D eigenvalue weighted by molar-refractivity contribution is -0.142. The first kappa shape index (κ1) is 19.3. The van der Waals surface area contributed by atoms with Gasteiger partial charge in [0.1, 0.15) is 12.3 Å². The predicted octanol–water partition coefficient (Wildman–Crippen LogP) is 3.56. The van der Waals surface area contributed by atoms with Crippen LogP contribution in [0, 0.1) is 0 Å². The summed E-state index contributed by atoms with van der Waals surface area (Å²) in [6.07, 6.45) is -2.92. The Balaban J connectivity index is 0.00000264. The Labute approximate surface area is 139 Å². The van der Waals surface area contributed by atoms with Crippen molar-refractivity contribution in [1.82, 2.24) is 15.1 Å². The third kappa shape index (κ3) is 6.92. The number of nitrogens with zero attached hydrogens (tertiary/aromatic N) is 2. The number of rotatable bonds is 7. The number of nitrogens with one attached hydrogen (secondary N) is 1. The summed E-state index contributed by atoms with van der Waals surface area (Å²) >= 11 is 0. The van der Waals surface area contributed by atoms with Crippen molar-refractivity contribution in [1.29, 1.82) is 0 Å². The number of halogens is 4. The lowest BCUT2D eigenvalue weighted by Crippen LogP contribution is -2.19. The Kier molecular flexibility index (Phi) is 7.38. The standard InChI is InChI=1S/C15H18F3N3O.ClH/c1-2-22-14-5-3-12(4-6-14)9-19-10-13-7-8-21(20-13)11-15(16,17)18;/h3-8,19H,2,9-11H2,1H3;1H. The van der Waals surface area contributed by atoms with Gasteiger partial charge in [-0.2, -0.15) is 18.3 Å². The minimum Gasteiger partial charge on any atom is -0.494 e. The number of alkyl halides is 3. The van der Waals surface area contributed by atoms with E-state index in [4.69, 9.17) is 4.74 Å². The summed E-state index contributed by atoms with van der Waals surface area (Å²) in [4.78, 5) is 0. The number of benzene rings is 1. The molecule has 0 saturated carbocycles. The number of hydrogen-bond acceptors (Lipinski definition) is 3. The van der Waals surface area contributed by atoms with Gasteiger partial charge >= 0.3 is 6.18 Å². The van der Waals surface area contributed by atoms with Gasteiger partial charge in [0.2, 0.25) is 0 Å². The van der Waals surface area contributed by atoms with Crippen molar-refractivity contribution < 1.29 is 17.9 Å². The summed E-state index contributed by atoms with van der Waals surface area (Å²) in [6, 6.07) is 9.24. The molecule has 1 N–H and O–H groups in total. The van der Waals surface area contributed by atoms with Gasteiger partial charge in [0.15, 0.2) is 0 Å². The van der Waals surface area contributed by atoms with Gasteiger partial charge in [-0.05, 0) is 30.7 Å². The fourth-order valence-electron chi connectivity index (χ4n) is 1.97. The second-order valence-electron chi connectivity index (χ2n) is 4.80. The molecule has 2 aromatic rings. The maximum absolute atomic E-state index is 12.2. The van der Waals surface area contributed by atoms with Crippen LogP contribution in [-0.4, -0.2) is 22.6 Å². The van der Waals surface area contributed by atoms with E-state index < -0.39 is 12.7 Å². The Morgan fingerprint density at radius 1 is 1.13 bits per heavy atom. The number of aromatic nitrogens is 2. The minimum atomic E-state index is -4.25. The van der Waals surface area contributed by atoms with Crippen molar-refractivity contribution in [3.05, 3.63) is 47.8 Å². The largest absolute Gasteiger partial charge is 0.494 e. The van der Waals surface area contributed by atoms with Gasteiger partial charge < -0.3 is 10.1 Å². The van der Waals surface area contributed by atoms with E-state index in [0.29, 0.717) is 25.4 Å². The molecule has 0 aliphatic heterocycles. The number of hydrogen-bond donors (Lipinski definition) is 1. The molecule has 0 radical (unpaired) electrons. The van der Waals surface area contributed by atoms with Crippen LogP contribution in [0.5, 0.6) is 5.75 Å². The predicted molar refractivity (Wildman–Crippen MR) is 83.7 cm³/mol. The van der Waals surface area contributed by atoms with Crippen molar-refractivity contribution in [3.63, 3.8) is 0 Å². The molecule has 0 fully saturated rings. The van der Waals surface area contributed by atoms with Crippen LogP contribution < -0.4 is 10.1 Å². The van der Waals surface area contributed by atoms with Crippen LogP contribution >= 0.6 is 12.4 Å². The molecule has 2 rings (SSSR count). The third-order valence-electron chi connectivity index (χ3n) is 2.91. The fraction of sp³-hybridized carbons (Fsp3) is 0.400. The minimum absolute atomic E-state index is 0. The Morgan fingerprint density at radius 3 is 2.43 bits per heavy atom. The molecule has 0 aliphatic rings. The first-order valence-corrected chi connectivity index (χ1v) is 6.98. The van der Waals surface area contributed by atoms with Crippen LogP contribution in [0.3, 0.4) is 0 Å². The molecular weight excluding hydrogens is 331 g/mol. The monoisotopic (exact) mass is 349 g/mol. The first-order chi connectivity index (χ1) is 10.5. The smallest absolute Gasteiger partial charge is 0.408 e. The molecule has 128 valence electrons. The van der Waals surface area contributed by atoms with Crippen molar-refractivity contribution in [3.8, 4) is 5.75 Å². The average Bonchev–Trinajstić information content (AvgIpc) is 2.86. The van der Waals surface area contributed by atoms with Gasteiger partial charge in [-0.1, -0.05) is 12.1 Å². The topological polar surface area (TPSA) is 39.1 Å².